The van der Waals surface area contributed by atoms with Gasteiger partial charge in [0.05, 0.1) is 20.5 Å². The van der Waals surface area contributed by atoms with E-state index in [1.807, 2.05) is 33.4 Å². The molecule has 0 atom stereocenters. The van der Waals surface area contributed by atoms with Crippen molar-refractivity contribution in [1.29, 1.82) is 0 Å². The molecule has 4 aromatic carbocycles. The monoisotopic (exact) mass is 921 g/mol. The number of rotatable bonds is 11. The average molecular weight is 923 g/mol. The third-order valence-corrected chi connectivity index (χ3v) is 15.0. The van der Waals surface area contributed by atoms with E-state index in [1.165, 1.54) is 114 Å². The summed E-state index contributed by atoms with van der Waals surface area (Å²) in [6, 6.07) is 28.1. The van der Waals surface area contributed by atoms with E-state index < -0.39 is 10.1 Å². The van der Waals surface area contributed by atoms with E-state index in [1.54, 1.807) is 0 Å². The Labute approximate surface area is 366 Å². The van der Waals surface area contributed by atoms with E-state index in [-0.39, 0.29) is 28.3 Å². The molecule has 2 aliphatic carbocycles. The summed E-state index contributed by atoms with van der Waals surface area (Å²) in [5.41, 5.74) is 12.4. The molecular formula is C49H70NO5PPdS. The van der Waals surface area contributed by atoms with Gasteiger partial charge in [0.1, 0.15) is 11.5 Å². The summed E-state index contributed by atoms with van der Waals surface area (Å²) in [5.74, 6) is 3.50. The number of ether oxygens (including phenoxy) is 2. The van der Waals surface area contributed by atoms with E-state index in [4.69, 9.17) is 14.0 Å². The van der Waals surface area contributed by atoms with Gasteiger partial charge in [0, 0.05) is 49.6 Å². The zero-order chi connectivity index (χ0) is 41.7. The molecule has 2 aliphatic rings. The van der Waals surface area contributed by atoms with Crippen LogP contribution in [0.15, 0.2) is 78.9 Å². The fourth-order valence-corrected chi connectivity index (χ4v) is 12.7. The molecule has 6 rings (SSSR count). The van der Waals surface area contributed by atoms with Crippen LogP contribution >= 0.6 is 7.92 Å². The quantitative estimate of drug-likeness (QED) is 0.0886. The first kappa shape index (κ1) is 49.6. The van der Waals surface area contributed by atoms with E-state index in [0.29, 0.717) is 24.0 Å². The van der Waals surface area contributed by atoms with Crippen molar-refractivity contribution >= 4 is 29.0 Å². The molecular weight excluding hydrogens is 852 g/mol. The number of hydrogen-bond donors (Lipinski definition) is 2. The molecule has 0 bridgehead atoms. The molecule has 2 saturated carbocycles. The number of anilines is 1. The third kappa shape index (κ3) is 13.7. The van der Waals surface area contributed by atoms with Gasteiger partial charge in [-0.15, -0.1) is 0 Å². The normalized spacial score (nSPS) is 14.9. The summed E-state index contributed by atoms with van der Waals surface area (Å²) in [6.07, 6.45) is 14.6. The number of nitrogens with one attached hydrogen (secondary N) is 1. The van der Waals surface area contributed by atoms with Crippen LogP contribution in [-0.4, -0.2) is 51.8 Å². The van der Waals surface area contributed by atoms with Gasteiger partial charge in [-0.1, -0.05) is 149 Å². The minimum Gasteiger partial charge on any atom is -0.496 e. The molecule has 322 valence electrons. The Kier molecular flexibility index (Phi) is 20.5. The maximum atomic E-state index is 9.19. The van der Waals surface area contributed by atoms with Crippen LogP contribution in [-0.2, 0) is 30.5 Å². The predicted octanol–water partition coefficient (Wildman–Crippen LogP) is 13.4. The number of para-hydroxylation sites is 1. The van der Waals surface area contributed by atoms with Gasteiger partial charge in [0.2, 0.25) is 0 Å². The van der Waals surface area contributed by atoms with E-state index in [9.17, 15) is 8.42 Å². The summed E-state index contributed by atoms with van der Waals surface area (Å²) in [6.45, 7) is 14.1. The minimum absolute atomic E-state index is 0. The van der Waals surface area contributed by atoms with Crippen molar-refractivity contribution < 1.29 is 42.9 Å². The van der Waals surface area contributed by atoms with Crippen molar-refractivity contribution in [3.63, 3.8) is 0 Å². The van der Waals surface area contributed by atoms with Crippen molar-refractivity contribution in [1.82, 2.24) is 0 Å². The summed E-state index contributed by atoms with van der Waals surface area (Å²) in [5, 5.41) is 4.71. The largest absolute Gasteiger partial charge is 0.496 e. The van der Waals surface area contributed by atoms with Crippen LogP contribution in [0, 0.1) is 0 Å². The smallest absolute Gasteiger partial charge is 0.261 e. The van der Waals surface area contributed by atoms with Gasteiger partial charge in [0.15, 0.2) is 0 Å². The van der Waals surface area contributed by atoms with Gasteiger partial charge in [-0.25, -0.2) is 0 Å². The molecule has 0 unspecified atom stereocenters. The van der Waals surface area contributed by atoms with Gasteiger partial charge in [-0.05, 0) is 101 Å². The van der Waals surface area contributed by atoms with Crippen molar-refractivity contribution in [3.8, 4) is 33.8 Å². The molecule has 0 spiro atoms. The predicted molar refractivity (Wildman–Crippen MR) is 246 cm³/mol. The van der Waals surface area contributed by atoms with Crippen LogP contribution in [0.2, 0.25) is 0 Å². The molecule has 0 heterocycles. The molecule has 0 saturated heterocycles. The van der Waals surface area contributed by atoms with Crippen LogP contribution in [0.4, 0.5) is 5.69 Å². The Bertz CT molecular complexity index is 1900. The van der Waals surface area contributed by atoms with E-state index >= 15 is 0 Å². The first-order valence-electron chi connectivity index (χ1n) is 21.2. The summed E-state index contributed by atoms with van der Waals surface area (Å²) >= 11 is 0. The van der Waals surface area contributed by atoms with Crippen LogP contribution in [0.1, 0.15) is 140 Å². The minimum atomic E-state index is -3.67. The molecule has 2 N–H and O–H groups in total. The molecule has 0 aliphatic heterocycles. The van der Waals surface area contributed by atoms with E-state index in [0.717, 1.165) is 22.8 Å². The molecule has 9 heteroatoms. The van der Waals surface area contributed by atoms with Crippen LogP contribution < -0.4 is 20.1 Å². The number of methoxy groups -OCH3 is 2. The number of benzene rings is 4. The maximum Gasteiger partial charge on any atom is 0.261 e. The summed E-state index contributed by atoms with van der Waals surface area (Å²) in [4.78, 5) is 0. The Balaban J connectivity index is 0.000000370. The molecule has 58 heavy (non-hydrogen) atoms. The number of hydrogen-bond acceptors (Lipinski definition) is 5. The topological polar surface area (TPSA) is 84.9 Å². The van der Waals surface area contributed by atoms with Crippen LogP contribution in [0.5, 0.6) is 11.5 Å². The van der Waals surface area contributed by atoms with Gasteiger partial charge < -0.3 is 14.8 Å². The SMILES string of the molecule is CNc1ccccc1-c1ccccc1.COc1ccc(OC)c(P(C2CCCCC2)C2CCCCC2)c1-c1c(C(C)C)cc(C(C)C)cc1C(C)C.CS(=O)(=O)O.[Pd]. The van der Waals surface area contributed by atoms with Gasteiger partial charge in [0.25, 0.3) is 10.1 Å². The first-order valence-corrected chi connectivity index (χ1v) is 24.5. The van der Waals surface area contributed by atoms with Crippen molar-refractivity contribution in [3.05, 3.63) is 95.6 Å². The van der Waals surface area contributed by atoms with Crippen molar-refractivity contribution in [2.45, 2.75) is 135 Å². The molecule has 0 aromatic heterocycles. The Hall–Kier alpha value is -2.72. The van der Waals surface area contributed by atoms with Gasteiger partial charge in [-0.3, -0.25) is 4.55 Å². The van der Waals surface area contributed by atoms with Gasteiger partial charge in [-0.2, -0.15) is 8.42 Å². The summed E-state index contributed by atoms with van der Waals surface area (Å²) < 4.78 is 38.4. The molecule has 0 radical (unpaired) electrons. The second kappa shape index (κ2) is 23.9. The van der Waals surface area contributed by atoms with Gasteiger partial charge >= 0.3 is 0 Å². The Morgan fingerprint density at radius 3 is 1.53 bits per heavy atom. The average Bonchev–Trinajstić information content (AvgIpc) is 3.21. The van der Waals surface area contributed by atoms with Crippen LogP contribution in [0.25, 0.3) is 22.3 Å². The fraction of sp³-hybridized carbons (Fsp3) is 0.510. The fourth-order valence-electron chi connectivity index (χ4n) is 8.58. The third-order valence-electron chi connectivity index (χ3n) is 11.4. The van der Waals surface area contributed by atoms with Crippen LogP contribution in [0.3, 0.4) is 0 Å². The zero-order valence-corrected chi connectivity index (χ0v) is 40.0. The second-order valence-corrected chi connectivity index (χ2v) is 20.8. The van der Waals surface area contributed by atoms with E-state index in [2.05, 4.69) is 114 Å². The molecule has 2 fully saturated rings. The molecule has 0 amide bonds. The maximum absolute atomic E-state index is 9.19. The van der Waals surface area contributed by atoms with Crippen molar-refractivity contribution in [2.24, 2.45) is 0 Å². The zero-order valence-electron chi connectivity index (χ0n) is 36.7. The first-order chi connectivity index (χ1) is 27.2. The Morgan fingerprint density at radius 2 is 1.10 bits per heavy atom. The second-order valence-electron chi connectivity index (χ2n) is 16.6. The van der Waals surface area contributed by atoms with Crippen molar-refractivity contribution in [2.75, 3.05) is 32.8 Å². The Morgan fingerprint density at radius 1 is 0.655 bits per heavy atom. The summed E-state index contributed by atoms with van der Waals surface area (Å²) in [7, 11) is 1.66. The molecule has 6 nitrogen and oxygen atoms in total. The molecule has 4 aromatic rings. The standard InChI is InChI=1S/C35H53O2P.C13H13N.CH4O3S.Pd/c1-23(2)26-21-29(24(3)4)33(30(22-26)25(5)6)34-31(36-7)19-20-32(37-8)35(34)38(27-15-11-9-12-16-27)28-17-13-10-14-18-28;1-14-13-10-6-5-9-12(13)11-7-3-2-4-8-11;1-5(2,3)4;/h19-25,27-28H,9-18H2,1-8H3;2-10,14H,1H3;1H3,(H,2,3,4);.